The Hall–Kier alpha value is -2.42. The monoisotopic (exact) mass is 241 g/mol. The van der Waals surface area contributed by atoms with Gasteiger partial charge in [-0.2, -0.15) is 0 Å². The van der Waals surface area contributed by atoms with Gasteiger partial charge in [0.2, 0.25) is 0 Å². The predicted octanol–water partition coefficient (Wildman–Crippen LogP) is 3.36. The number of phenolic OH excluding ortho intramolecular Hbond substituents is 2. The van der Waals surface area contributed by atoms with Crippen molar-refractivity contribution in [1.29, 1.82) is 0 Å². The second-order valence-corrected chi connectivity index (χ2v) is 3.95. The van der Waals surface area contributed by atoms with E-state index in [1.54, 1.807) is 36.4 Å². The molecule has 3 N–H and O–H groups in total. The van der Waals surface area contributed by atoms with Gasteiger partial charge in [0, 0.05) is 6.54 Å². The van der Waals surface area contributed by atoms with Gasteiger partial charge < -0.3 is 15.5 Å². The Kier molecular flexibility index (Phi) is 3.53. The van der Waals surface area contributed by atoms with Crippen molar-refractivity contribution < 1.29 is 10.2 Å². The number of hydrogen-bond donors (Lipinski definition) is 3. The van der Waals surface area contributed by atoms with Crippen molar-refractivity contribution in [3.8, 4) is 22.6 Å². The van der Waals surface area contributed by atoms with E-state index >= 15 is 0 Å². The molecule has 0 aliphatic rings. The van der Waals surface area contributed by atoms with Gasteiger partial charge in [-0.3, -0.25) is 0 Å². The van der Waals surface area contributed by atoms with Crippen molar-refractivity contribution >= 4 is 5.69 Å². The Labute approximate surface area is 106 Å². The lowest BCUT2D eigenvalue weighted by Gasteiger charge is -2.08. The molecule has 0 aromatic heterocycles. The number of aromatic hydroxyl groups is 2. The maximum atomic E-state index is 9.89. The number of hydrogen-bond acceptors (Lipinski definition) is 3. The highest BCUT2D eigenvalue weighted by molar-refractivity contribution is 5.71. The highest BCUT2D eigenvalue weighted by atomic mass is 16.3. The molecule has 0 saturated heterocycles. The SMILES string of the molecule is C=CCNc1ccc(-c2ccc(O)cc2)cc1O. The van der Waals surface area contributed by atoms with E-state index in [0.717, 1.165) is 11.1 Å². The van der Waals surface area contributed by atoms with E-state index in [1.807, 2.05) is 12.1 Å². The van der Waals surface area contributed by atoms with E-state index < -0.39 is 0 Å². The number of anilines is 1. The molecule has 0 fully saturated rings. The highest BCUT2D eigenvalue weighted by Gasteiger charge is 2.03. The van der Waals surface area contributed by atoms with Crippen molar-refractivity contribution in [3.63, 3.8) is 0 Å². The molecule has 2 aromatic carbocycles. The fourth-order valence-corrected chi connectivity index (χ4v) is 1.70. The summed E-state index contributed by atoms with van der Waals surface area (Å²) < 4.78 is 0. The molecule has 18 heavy (non-hydrogen) atoms. The standard InChI is InChI=1S/C15H15NO2/c1-2-9-16-14-8-5-12(10-15(14)18)11-3-6-13(17)7-4-11/h2-8,10,16-18H,1,9H2. The van der Waals surface area contributed by atoms with Gasteiger partial charge in [0.25, 0.3) is 0 Å². The molecule has 0 aliphatic carbocycles. The Bertz CT molecular complexity index is 547. The van der Waals surface area contributed by atoms with Gasteiger partial charge in [0.05, 0.1) is 5.69 Å². The first kappa shape index (κ1) is 12.0. The lowest BCUT2D eigenvalue weighted by molar-refractivity contribution is 0.475. The molecule has 92 valence electrons. The first-order chi connectivity index (χ1) is 8.70. The Morgan fingerprint density at radius 3 is 2.28 bits per heavy atom. The summed E-state index contributed by atoms with van der Waals surface area (Å²) in [6.45, 7) is 4.21. The molecule has 2 rings (SSSR count). The van der Waals surface area contributed by atoms with Crippen molar-refractivity contribution in [2.75, 3.05) is 11.9 Å². The third-order valence-electron chi connectivity index (χ3n) is 2.64. The lowest BCUT2D eigenvalue weighted by atomic mass is 10.0. The predicted molar refractivity (Wildman–Crippen MR) is 73.9 cm³/mol. The fourth-order valence-electron chi connectivity index (χ4n) is 1.70. The summed E-state index contributed by atoms with van der Waals surface area (Å²) in [5, 5.41) is 22.2. The van der Waals surface area contributed by atoms with Gasteiger partial charge in [-0.25, -0.2) is 0 Å². The zero-order valence-corrected chi connectivity index (χ0v) is 9.93. The van der Waals surface area contributed by atoms with Crippen LogP contribution in [0, 0.1) is 0 Å². The molecule has 2 aromatic rings. The third-order valence-corrected chi connectivity index (χ3v) is 2.64. The van der Waals surface area contributed by atoms with Crippen LogP contribution < -0.4 is 5.32 Å². The maximum absolute atomic E-state index is 9.89. The van der Waals surface area contributed by atoms with Gasteiger partial charge in [-0.1, -0.05) is 24.3 Å². The van der Waals surface area contributed by atoms with E-state index in [1.165, 1.54) is 0 Å². The Balaban J connectivity index is 2.28. The number of rotatable bonds is 4. The minimum Gasteiger partial charge on any atom is -0.508 e. The molecule has 0 spiro atoms. The summed E-state index contributed by atoms with van der Waals surface area (Å²) in [4.78, 5) is 0. The average molecular weight is 241 g/mol. The van der Waals surface area contributed by atoms with E-state index in [4.69, 9.17) is 0 Å². The molecule has 0 radical (unpaired) electrons. The Morgan fingerprint density at radius 1 is 1.00 bits per heavy atom. The van der Waals surface area contributed by atoms with Crippen molar-refractivity contribution in [1.82, 2.24) is 0 Å². The Morgan fingerprint density at radius 2 is 1.67 bits per heavy atom. The average Bonchev–Trinajstić information content (AvgIpc) is 2.38. The van der Waals surface area contributed by atoms with Crippen molar-refractivity contribution in [2.45, 2.75) is 0 Å². The zero-order chi connectivity index (χ0) is 13.0. The van der Waals surface area contributed by atoms with Crippen LogP contribution in [0.1, 0.15) is 0 Å². The fraction of sp³-hybridized carbons (Fsp3) is 0.0667. The second kappa shape index (κ2) is 5.27. The van der Waals surface area contributed by atoms with E-state index in [-0.39, 0.29) is 11.5 Å². The van der Waals surface area contributed by atoms with Crippen LogP contribution in [-0.4, -0.2) is 16.8 Å². The van der Waals surface area contributed by atoms with Crippen LogP contribution in [0.15, 0.2) is 55.1 Å². The van der Waals surface area contributed by atoms with Crippen LogP contribution in [0.25, 0.3) is 11.1 Å². The minimum absolute atomic E-state index is 0.197. The van der Waals surface area contributed by atoms with Crippen LogP contribution in [0.4, 0.5) is 5.69 Å². The summed E-state index contributed by atoms with van der Waals surface area (Å²) >= 11 is 0. The molecule has 0 unspecified atom stereocenters. The van der Waals surface area contributed by atoms with Gasteiger partial charge in [-0.05, 0) is 35.4 Å². The highest BCUT2D eigenvalue weighted by Crippen LogP contribution is 2.30. The second-order valence-electron chi connectivity index (χ2n) is 3.95. The van der Waals surface area contributed by atoms with Crippen molar-refractivity contribution in [3.05, 3.63) is 55.1 Å². The van der Waals surface area contributed by atoms with E-state index in [2.05, 4.69) is 11.9 Å². The normalized spacial score (nSPS) is 10.0. The van der Waals surface area contributed by atoms with Crippen LogP contribution in [0.3, 0.4) is 0 Å². The van der Waals surface area contributed by atoms with Crippen LogP contribution >= 0.6 is 0 Å². The topological polar surface area (TPSA) is 52.5 Å². The van der Waals surface area contributed by atoms with Gasteiger partial charge in [0.1, 0.15) is 11.5 Å². The molecule has 0 aliphatic heterocycles. The van der Waals surface area contributed by atoms with Crippen molar-refractivity contribution in [2.24, 2.45) is 0 Å². The molecule has 0 saturated carbocycles. The third kappa shape index (κ3) is 2.63. The molecule has 3 heteroatoms. The largest absolute Gasteiger partial charge is 0.508 e. The van der Waals surface area contributed by atoms with Gasteiger partial charge in [-0.15, -0.1) is 6.58 Å². The molecule has 0 amide bonds. The smallest absolute Gasteiger partial charge is 0.139 e. The molecule has 0 atom stereocenters. The number of nitrogens with one attached hydrogen (secondary N) is 1. The van der Waals surface area contributed by atoms with Gasteiger partial charge in [0.15, 0.2) is 0 Å². The summed E-state index contributed by atoms with van der Waals surface area (Å²) in [6.07, 6.45) is 1.73. The molecule has 3 nitrogen and oxygen atoms in total. The summed E-state index contributed by atoms with van der Waals surface area (Å²) in [6, 6.07) is 12.3. The first-order valence-electron chi connectivity index (χ1n) is 5.68. The van der Waals surface area contributed by atoms with Gasteiger partial charge >= 0.3 is 0 Å². The van der Waals surface area contributed by atoms with Crippen LogP contribution in [-0.2, 0) is 0 Å². The van der Waals surface area contributed by atoms with E-state index in [9.17, 15) is 10.2 Å². The summed E-state index contributed by atoms with van der Waals surface area (Å²) in [5.41, 5.74) is 2.52. The number of phenols is 2. The number of benzene rings is 2. The first-order valence-corrected chi connectivity index (χ1v) is 5.68. The molecule has 0 heterocycles. The quantitative estimate of drug-likeness (QED) is 0.568. The summed E-state index contributed by atoms with van der Waals surface area (Å²) in [5.74, 6) is 0.426. The molecular weight excluding hydrogens is 226 g/mol. The zero-order valence-electron chi connectivity index (χ0n) is 9.93. The summed E-state index contributed by atoms with van der Waals surface area (Å²) in [7, 11) is 0. The van der Waals surface area contributed by atoms with Crippen LogP contribution in [0.2, 0.25) is 0 Å². The molecule has 0 bridgehead atoms. The maximum Gasteiger partial charge on any atom is 0.139 e. The minimum atomic E-state index is 0.197. The lowest BCUT2D eigenvalue weighted by Crippen LogP contribution is -1.97. The molecular formula is C15H15NO2. The van der Waals surface area contributed by atoms with E-state index in [0.29, 0.717) is 12.2 Å². The van der Waals surface area contributed by atoms with Crippen LogP contribution in [0.5, 0.6) is 11.5 Å².